The predicted octanol–water partition coefficient (Wildman–Crippen LogP) is 3.05. The second kappa shape index (κ2) is 15.1. The Hall–Kier alpha value is -1.75. The van der Waals surface area contributed by atoms with Crippen LogP contribution in [0.1, 0.15) is 39.2 Å². The summed E-state index contributed by atoms with van der Waals surface area (Å²) in [5.41, 5.74) is 7.12. The SMILES string of the molecule is CCOC(=O)N1CCC(NC(N)=NCc2ccccc2OCCN(CC)CC)CC1.I. The van der Waals surface area contributed by atoms with Crippen LogP contribution >= 0.6 is 24.0 Å². The molecule has 1 aliphatic heterocycles. The molecule has 0 spiro atoms. The van der Waals surface area contributed by atoms with Crippen molar-refractivity contribution in [2.75, 3.05) is 45.9 Å². The Bertz CT molecular complexity index is 677. The molecule has 0 radical (unpaired) electrons. The van der Waals surface area contributed by atoms with Crippen molar-refractivity contribution in [2.45, 2.75) is 46.2 Å². The van der Waals surface area contributed by atoms with E-state index in [2.05, 4.69) is 29.1 Å². The summed E-state index contributed by atoms with van der Waals surface area (Å²) in [6.07, 6.45) is 1.40. The number of amides is 1. The van der Waals surface area contributed by atoms with Gasteiger partial charge in [0.05, 0.1) is 13.2 Å². The van der Waals surface area contributed by atoms with E-state index in [1.54, 1.807) is 4.90 Å². The second-order valence-corrected chi connectivity index (χ2v) is 7.29. The molecule has 0 bridgehead atoms. The Morgan fingerprint density at radius 2 is 1.90 bits per heavy atom. The molecule has 2 rings (SSSR count). The molecule has 9 heteroatoms. The molecule has 3 N–H and O–H groups in total. The number of aliphatic imine (C=N–C) groups is 1. The van der Waals surface area contributed by atoms with E-state index in [1.165, 1.54) is 0 Å². The number of piperidine rings is 1. The van der Waals surface area contributed by atoms with Gasteiger partial charge in [-0.1, -0.05) is 32.0 Å². The number of hydrogen-bond acceptors (Lipinski definition) is 5. The van der Waals surface area contributed by atoms with Crippen molar-refractivity contribution in [3.05, 3.63) is 29.8 Å². The maximum Gasteiger partial charge on any atom is 0.409 e. The van der Waals surface area contributed by atoms with Crippen LogP contribution in [-0.4, -0.2) is 73.8 Å². The average Bonchev–Trinajstić information content (AvgIpc) is 2.76. The number of rotatable bonds is 10. The minimum atomic E-state index is -0.241. The summed E-state index contributed by atoms with van der Waals surface area (Å²) in [6, 6.07) is 8.15. The molecule has 1 amide bonds. The Labute approximate surface area is 203 Å². The van der Waals surface area contributed by atoms with Crippen LogP contribution in [-0.2, 0) is 11.3 Å². The first kappa shape index (κ1) is 27.3. The van der Waals surface area contributed by atoms with Gasteiger partial charge in [-0.05, 0) is 38.9 Å². The monoisotopic (exact) mass is 547 g/mol. The molecule has 1 aromatic carbocycles. The lowest BCUT2D eigenvalue weighted by atomic mass is 10.1. The van der Waals surface area contributed by atoms with Gasteiger partial charge in [0.2, 0.25) is 0 Å². The smallest absolute Gasteiger partial charge is 0.409 e. The molecular formula is C22H38IN5O3. The van der Waals surface area contributed by atoms with Crippen molar-refractivity contribution < 1.29 is 14.3 Å². The van der Waals surface area contributed by atoms with Crippen LogP contribution in [0.4, 0.5) is 4.79 Å². The number of nitrogens with zero attached hydrogens (tertiary/aromatic N) is 3. The molecule has 8 nitrogen and oxygen atoms in total. The zero-order valence-corrected chi connectivity index (χ0v) is 21.3. The van der Waals surface area contributed by atoms with Crippen molar-refractivity contribution in [3.63, 3.8) is 0 Å². The number of carbonyl (C=O) groups is 1. The number of halogens is 1. The molecule has 0 unspecified atom stereocenters. The van der Waals surface area contributed by atoms with Crippen LogP contribution in [0.2, 0.25) is 0 Å². The molecule has 0 aliphatic carbocycles. The minimum absolute atomic E-state index is 0. The third-order valence-corrected chi connectivity index (χ3v) is 5.32. The Balaban J connectivity index is 0.00000480. The Kier molecular flexibility index (Phi) is 13.3. The third kappa shape index (κ3) is 9.51. The molecule has 0 atom stereocenters. The number of nitrogens with one attached hydrogen (secondary N) is 1. The lowest BCUT2D eigenvalue weighted by Crippen LogP contribution is -2.48. The molecule has 1 saturated heterocycles. The van der Waals surface area contributed by atoms with Crippen molar-refractivity contribution in [2.24, 2.45) is 10.7 Å². The summed E-state index contributed by atoms with van der Waals surface area (Å²) in [7, 11) is 0. The number of hydrogen-bond donors (Lipinski definition) is 2. The van der Waals surface area contributed by atoms with Gasteiger partial charge in [-0.25, -0.2) is 9.79 Å². The van der Waals surface area contributed by atoms with E-state index in [1.807, 2.05) is 31.2 Å². The molecule has 1 fully saturated rings. The maximum atomic E-state index is 11.8. The van der Waals surface area contributed by atoms with Crippen molar-refractivity contribution in [1.82, 2.24) is 15.1 Å². The van der Waals surface area contributed by atoms with E-state index in [0.717, 1.165) is 43.8 Å². The second-order valence-electron chi connectivity index (χ2n) is 7.29. The first-order valence-electron chi connectivity index (χ1n) is 11.0. The van der Waals surface area contributed by atoms with Crippen LogP contribution in [0.25, 0.3) is 0 Å². The number of nitrogens with two attached hydrogens (primary N) is 1. The van der Waals surface area contributed by atoms with Crippen molar-refractivity contribution >= 4 is 36.0 Å². The maximum absolute atomic E-state index is 11.8. The van der Waals surface area contributed by atoms with E-state index in [-0.39, 0.29) is 36.1 Å². The summed E-state index contributed by atoms with van der Waals surface area (Å²) in [5.74, 6) is 1.27. The Morgan fingerprint density at radius 3 is 2.55 bits per heavy atom. The summed E-state index contributed by atoms with van der Waals surface area (Å²) < 4.78 is 11.0. The topological polar surface area (TPSA) is 92.4 Å². The number of carbonyl (C=O) groups excluding carboxylic acids is 1. The number of para-hydroxylation sites is 1. The molecule has 0 aromatic heterocycles. The van der Waals surface area contributed by atoms with Gasteiger partial charge in [0.25, 0.3) is 0 Å². The zero-order chi connectivity index (χ0) is 21.8. The molecule has 1 aliphatic rings. The molecule has 176 valence electrons. The van der Waals surface area contributed by atoms with Crippen LogP contribution in [0.15, 0.2) is 29.3 Å². The van der Waals surface area contributed by atoms with Gasteiger partial charge in [-0.15, -0.1) is 24.0 Å². The van der Waals surface area contributed by atoms with Gasteiger partial charge in [0.1, 0.15) is 12.4 Å². The fourth-order valence-electron chi connectivity index (χ4n) is 3.45. The van der Waals surface area contributed by atoms with E-state index in [0.29, 0.717) is 38.8 Å². The first-order valence-corrected chi connectivity index (χ1v) is 11.0. The van der Waals surface area contributed by atoms with Gasteiger partial charge in [0, 0.05) is 31.2 Å². The van der Waals surface area contributed by atoms with Gasteiger partial charge in [-0.2, -0.15) is 0 Å². The summed E-state index contributed by atoms with van der Waals surface area (Å²) in [4.78, 5) is 20.3. The fraction of sp³-hybridized carbons (Fsp3) is 0.636. The zero-order valence-electron chi connectivity index (χ0n) is 19.0. The highest BCUT2D eigenvalue weighted by Crippen LogP contribution is 2.19. The largest absolute Gasteiger partial charge is 0.492 e. The summed E-state index contributed by atoms with van der Waals surface area (Å²) in [5, 5.41) is 3.27. The van der Waals surface area contributed by atoms with Crippen molar-refractivity contribution in [1.29, 1.82) is 0 Å². The average molecular weight is 547 g/mol. The molecule has 0 saturated carbocycles. The molecule has 1 heterocycles. The lowest BCUT2D eigenvalue weighted by Gasteiger charge is -2.31. The standard InChI is InChI=1S/C22H37N5O3.HI/c1-4-26(5-2)15-16-30-20-10-8-7-9-18(20)17-24-21(23)25-19-11-13-27(14-12-19)22(28)29-6-3;/h7-10,19H,4-6,11-17H2,1-3H3,(H3,23,24,25);1H. The van der Waals surface area contributed by atoms with Crippen molar-refractivity contribution in [3.8, 4) is 5.75 Å². The van der Waals surface area contributed by atoms with E-state index < -0.39 is 0 Å². The number of likely N-dealkylation sites (tertiary alicyclic amines) is 1. The van der Waals surface area contributed by atoms with E-state index in [4.69, 9.17) is 15.2 Å². The van der Waals surface area contributed by atoms with Crippen LogP contribution in [0.3, 0.4) is 0 Å². The van der Waals surface area contributed by atoms with Crippen LogP contribution in [0.5, 0.6) is 5.75 Å². The highest BCUT2D eigenvalue weighted by molar-refractivity contribution is 14.0. The Morgan fingerprint density at radius 1 is 1.23 bits per heavy atom. The normalized spacial score (nSPS) is 14.8. The highest BCUT2D eigenvalue weighted by atomic mass is 127. The summed E-state index contributed by atoms with van der Waals surface area (Å²) >= 11 is 0. The van der Waals surface area contributed by atoms with E-state index >= 15 is 0 Å². The number of guanidine groups is 1. The number of likely N-dealkylation sites (N-methyl/N-ethyl adjacent to an activating group) is 1. The van der Waals surface area contributed by atoms with Gasteiger partial charge in [-0.3, -0.25) is 0 Å². The minimum Gasteiger partial charge on any atom is -0.492 e. The van der Waals surface area contributed by atoms with Gasteiger partial charge in [0.15, 0.2) is 5.96 Å². The highest BCUT2D eigenvalue weighted by Gasteiger charge is 2.23. The van der Waals surface area contributed by atoms with Gasteiger partial charge < -0.3 is 30.3 Å². The lowest BCUT2D eigenvalue weighted by molar-refractivity contribution is 0.0963. The number of benzene rings is 1. The molecule has 1 aromatic rings. The van der Waals surface area contributed by atoms with Gasteiger partial charge >= 0.3 is 6.09 Å². The third-order valence-electron chi connectivity index (χ3n) is 5.32. The summed E-state index contributed by atoms with van der Waals surface area (Å²) in [6.45, 7) is 11.9. The number of ether oxygens (including phenoxy) is 2. The van der Waals surface area contributed by atoms with Crippen LogP contribution in [0, 0.1) is 0 Å². The quantitative estimate of drug-likeness (QED) is 0.266. The van der Waals surface area contributed by atoms with Crippen LogP contribution < -0.4 is 15.8 Å². The molecular weight excluding hydrogens is 509 g/mol. The first-order chi connectivity index (χ1) is 14.6. The molecule has 31 heavy (non-hydrogen) atoms. The fourth-order valence-corrected chi connectivity index (χ4v) is 3.45. The van der Waals surface area contributed by atoms with E-state index in [9.17, 15) is 4.79 Å². The predicted molar refractivity (Wildman–Crippen MR) is 135 cm³/mol.